The van der Waals surface area contributed by atoms with E-state index in [-0.39, 0.29) is 11.4 Å². The van der Waals surface area contributed by atoms with Gasteiger partial charge in [0.1, 0.15) is 5.82 Å². The lowest BCUT2D eigenvalue weighted by atomic mass is 10.1. The summed E-state index contributed by atoms with van der Waals surface area (Å²) in [6, 6.07) is 7.45. The Morgan fingerprint density at radius 2 is 2.00 bits per heavy atom. The number of nitrogens with zero attached hydrogens (tertiary/aromatic N) is 5. The molecule has 9 nitrogen and oxygen atoms in total. The Balaban J connectivity index is 1.81. The zero-order valence-corrected chi connectivity index (χ0v) is 13.5. The second-order valence-electron chi connectivity index (χ2n) is 5.33. The van der Waals surface area contributed by atoms with Gasteiger partial charge in [0.25, 0.3) is 11.6 Å². The second kappa shape index (κ2) is 6.48. The second-order valence-corrected chi connectivity index (χ2v) is 5.33. The Bertz CT molecular complexity index is 949. The molecule has 1 amide bonds. The largest absolute Gasteiger partial charge is 0.320 e. The number of carbonyl (C=O) groups excluding carboxylic acids is 1. The van der Waals surface area contributed by atoms with Crippen molar-refractivity contribution in [3.63, 3.8) is 0 Å². The predicted octanol–water partition coefficient (Wildman–Crippen LogP) is 2.44. The molecule has 0 spiro atoms. The normalized spacial score (nSPS) is 10.5. The Morgan fingerprint density at radius 1 is 1.20 bits per heavy atom. The van der Waals surface area contributed by atoms with Gasteiger partial charge in [0.15, 0.2) is 11.5 Å². The number of carbonyl (C=O) groups is 1. The number of nitro benzene ring substituents is 1. The van der Waals surface area contributed by atoms with Crippen LogP contribution in [0.5, 0.6) is 0 Å². The first-order valence-electron chi connectivity index (χ1n) is 7.36. The number of nitro groups is 1. The monoisotopic (exact) mass is 338 g/mol. The van der Waals surface area contributed by atoms with Crippen LogP contribution in [-0.4, -0.2) is 30.6 Å². The lowest BCUT2D eigenvalue weighted by Gasteiger charge is -2.08. The minimum atomic E-state index is -0.517. The van der Waals surface area contributed by atoms with E-state index in [1.165, 1.54) is 18.2 Å². The number of aromatic nitrogens is 4. The number of non-ortho nitro benzene ring substituents is 1. The van der Waals surface area contributed by atoms with Crippen molar-refractivity contribution >= 4 is 17.3 Å². The quantitative estimate of drug-likeness (QED) is 0.577. The fraction of sp³-hybridized carbons (Fsp3) is 0.125. The summed E-state index contributed by atoms with van der Waals surface area (Å²) >= 11 is 0. The van der Waals surface area contributed by atoms with E-state index in [0.29, 0.717) is 17.1 Å². The number of rotatable bonds is 4. The molecule has 25 heavy (non-hydrogen) atoms. The molecular weight excluding hydrogens is 324 g/mol. The van der Waals surface area contributed by atoms with E-state index in [2.05, 4.69) is 20.5 Å². The summed E-state index contributed by atoms with van der Waals surface area (Å²) in [5.74, 6) is 0.793. The summed E-state index contributed by atoms with van der Waals surface area (Å²) < 4.78 is 1.74. The molecule has 0 fully saturated rings. The van der Waals surface area contributed by atoms with Crippen molar-refractivity contribution in [1.29, 1.82) is 0 Å². The third-order valence-corrected chi connectivity index (χ3v) is 3.64. The zero-order chi connectivity index (χ0) is 18.0. The molecule has 3 aromatic rings. The molecular formula is C16H14N6O3. The molecule has 0 atom stereocenters. The van der Waals surface area contributed by atoms with Crippen LogP contribution < -0.4 is 5.32 Å². The first-order valence-corrected chi connectivity index (χ1v) is 7.36. The lowest BCUT2D eigenvalue weighted by Crippen LogP contribution is -2.16. The minimum Gasteiger partial charge on any atom is -0.320 e. The van der Waals surface area contributed by atoms with Gasteiger partial charge in [0.05, 0.1) is 10.6 Å². The van der Waals surface area contributed by atoms with E-state index < -0.39 is 10.8 Å². The summed E-state index contributed by atoms with van der Waals surface area (Å²) in [4.78, 5) is 26.8. The van der Waals surface area contributed by atoms with Crippen molar-refractivity contribution in [3.8, 4) is 5.82 Å². The van der Waals surface area contributed by atoms with E-state index in [1.54, 1.807) is 36.0 Å². The van der Waals surface area contributed by atoms with Gasteiger partial charge in [0, 0.05) is 24.5 Å². The number of amides is 1. The number of hydrogen-bond donors (Lipinski definition) is 1. The third kappa shape index (κ3) is 3.34. The number of aryl methyl sites for hydroxylation is 2. The Labute approximate surface area is 142 Å². The topological polar surface area (TPSA) is 116 Å². The van der Waals surface area contributed by atoms with Gasteiger partial charge >= 0.3 is 0 Å². The molecule has 0 saturated carbocycles. The third-order valence-electron chi connectivity index (χ3n) is 3.64. The minimum absolute atomic E-state index is 0.0992. The van der Waals surface area contributed by atoms with Crippen LogP contribution in [0.3, 0.4) is 0 Å². The highest BCUT2D eigenvalue weighted by Crippen LogP contribution is 2.22. The van der Waals surface area contributed by atoms with Crippen LogP contribution in [0.25, 0.3) is 5.82 Å². The molecule has 1 N–H and O–H groups in total. The molecule has 126 valence electrons. The predicted molar refractivity (Wildman–Crippen MR) is 89.7 cm³/mol. The van der Waals surface area contributed by atoms with E-state index in [0.717, 1.165) is 5.82 Å². The van der Waals surface area contributed by atoms with Crippen molar-refractivity contribution in [1.82, 2.24) is 19.7 Å². The Kier molecular flexibility index (Phi) is 4.21. The molecule has 1 aromatic carbocycles. The molecule has 0 unspecified atom stereocenters. The molecule has 2 aromatic heterocycles. The van der Waals surface area contributed by atoms with Gasteiger partial charge < -0.3 is 5.32 Å². The molecule has 0 aliphatic rings. The van der Waals surface area contributed by atoms with Crippen molar-refractivity contribution in [2.24, 2.45) is 0 Å². The Hall–Kier alpha value is -3.62. The summed E-state index contributed by atoms with van der Waals surface area (Å²) in [5, 5.41) is 21.4. The summed E-state index contributed by atoms with van der Waals surface area (Å²) in [6.07, 6.45) is 3.38. The van der Waals surface area contributed by atoms with Gasteiger partial charge in [0.2, 0.25) is 0 Å². The fourth-order valence-electron chi connectivity index (χ4n) is 2.24. The van der Waals surface area contributed by atoms with Gasteiger partial charge in [-0.3, -0.25) is 19.5 Å². The highest BCUT2D eigenvalue weighted by Gasteiger charge is 2.14. The molecule has 0 bridgehead atoms. The number of benzene rings is 1. The maximum atomic E-state index is 12.3. The van der Waals surface area contributed by atoms with Crippen LogP contribution in [0.1, 0.15) is 21.9 Å². The highest BCUT2D eigenvalue weighted by atomic mass is 16.6. The van der Waals surface area contributed by atoms with Crippen LogP contribution in [-0.2, 0) is 0 Å². The first-order chi connectivity index (χ1) is 12.0. The van der Waals surface area contributed by atoms with Crippen molar-refractivity contribution in [3.05, 3.63) is 69.9 Å². The summed E-state index contributed by atoms with van der Waals surface area (Å²) in [7, 11) is 0. The van der Waals surface area contributed by atoms with E-state index in [1.807, 2.05) is 6.92 Å². The maximum absolute atomic E-state index is 12.3. The van der Waals surface area contributed by atoms with E-state index >= 15 is 0 Å². The molecule has 0 aliphatic carbocycles. The van der Waals surface area contributed by atoms with Crippen LogP contribution in [0.15, 0.2) is 42.7 Å². The number of anilines is 1. The molecule has 0 aliphatic heterocycles. The van der Waals surface area contributed by atoms with Gasteiger partial charge in [-0.15, -0.1) is 10.2 Å². The van der Waals surface area contributed by atoms with Crippen molar-refractivity contribution in [2.75, 3.05) is 5.32 Å². The molecule has 9 heteroatoms. The molecule has 3 rings (SSSR count). The van der Waals surface area contributed by atoms with Crippen LogP contribution in [0.2, 0.25) is 0 Å². The fourth-order valence-corrected chi connectivity index (χ4v) is 2.24. The lowest BCUT2D eigenvalue weighted by molar-refractivity contribution is -0.384. The average molecular weight is 338 g/mol. The maximum Gasteiger partial charge on any atom is 0.276 e. The number of hydrogen-bond acceptors (Lipinski definition) is 6. The average Bonchev–Trinajstić information content (AvgIpc) is 3.02. The van der Waals surface area contributed by atoms with Gasteiger partial charge in [-0.05, 0) is 31.5 Å². The highest BCUT2D eigenvalue weighted by molar-refractivity contribution is 6.03. The summed E-state index contributed by atoms with van der Waals surface area (Å²) in [6.45, 7) is 3.57. The Morgan fingerprint density at radius 3 is 2.60 bits per heavy atom. The van der Waals surface area contributed by atoms with Crippen molar-refractivity contribution in [2.45, 2.75) is 13.8 Å². The zero-order valence-electron chi connectivity index (χ0n) is 13.5. The molecule has 0 saturated heterocycles. The SMILES string of the molecule is Cc1ccc([N+](=O)[O-])cc1NC(=O)c1ccc(-n2ccnc2C)nn1. The van der Waals surface area contributed by atoms with E-state index in [9.17, 15) is 14.9 Å². The van der Waals surface area contributed by atoms with Crippen LogP contribution in [0, 0.1) is 24.0 Å². The van der Waals surface area contributed by atoms with Gasteiger partial charge in [-0.1, -0.05) is 6.07 Å². The van der Waals surface area contributed by atoms with Crippen molar-refractivity contribution < 1.29 is 9.72 Å². The molecule has 0 radical (unpaired) electrons. The number of nitrogens with one attached hydrogen (secondary N) is 1. The van der Waals surface area contributed by atoms with Crippen LogP contribution >= 0.6 is 0 Å². The smallest absolute Gasteiger partial charge is 0.276 e. The summed E-state index contributed by atoms with van der Waals surface area (Å²) in [5.41, 5.74) is 1.07. The first kappa shape index (κ1) is 16.2. The van der Waals surface area contributed by atoms with Crippen LogP contribution in [0.4, 0.5) is 11.4 Å². The standard InChI is InChI=1S/C16H14N6O3/c1-10-3-4-12(22(24)25)9-14(10)18-16(23)13-5-6-15(20-19-13)21-8-7-17-11(21)2/h3-9H,1-2H3,(H,18,23). The van der Waals surface area contributed by atoms with Gasteiger partial charge in [-0.25, -0.2) is 4.98 Å². The van der Waals surface area contributed by atoms with Gasteiger partial charge in [-0.2, -0.15) is 0 Å². The van der Waals surface area contributed by atoms with E-state index in [4.69, 9.17) is 0 Å². The number of imidazole rings is 1. The molecule has 2 heterocycles.